The molecule has 0 aliphatic heterocycles. The molecule has 0 radical (unpaired) electrons. The molecular formula is C11H12NO5PS2. The van der Waals surface area contributed by atoms with E-state index in [1.807, 2.05) is 0 Å². The topological polar surface area (TPSA) is 98.1 Å². The molecule has 1 aromatic carbocycles. The largest absolute Gasteiger partial charge is 0.353 e. The second-order valence-electron chi connectivity index (χ2n) is 3.88. The van der Waals surface area contributed by atoms with E-state index in [0.717, 1.165) is 15.6 Å². The molecule has 3 N–H and O–H groups in total. The van der Waals surface area contributed by atoms with E-state index < -0.39 is 24.6 Å². The van der Waals surface area contributed by atoms with Crippen LogP contribution in [0.15, 0.2) is 47.8 Å². The van der Waals surface area contributed by atoms with Crippen LogP contribution in [0.5, 0.6) is 0 Å². The Morgan fingerprint density at radius 2 is 1.80 bits per heavy atom. The normalized spacial score (nSPS) is 14.8. The number of thiophene rings is 1. The molecule has 2 unspecified atom stereocenters. The van der Waals surface area contributed by atoms with Crippen molar-refractivity contribution in [3.05, 3.63) is 53.4 Å². The van der Waals surface area contributed by atoms with Gasteiger partial charge in [0.1, 0.15) is 5.00 Å². The summed E-state index contributed by atoms with van der Waals surface area (Å²) in [6, 6.07) is 11.1. The molecule has 1 heterocycles. The van der Waals surface area contributed by atoms with Crippen molar-refractivity contribution in [3.63, 3.8) is 0 Å². The van der Waals surface area contributed by atoms with Gasteiger partial charge in [-0.2, -0.15) is 0 Å². The van der Waals surface area contributed by atoms with Crippen LogP contribution in [0, 0.1) is 0 Å². The van der Waals surface area contributed by atoms with E-state index in [1.165, 1.54) is 18.2 Å². The molecule has 9 heteroatoms. The first kappa shape index (κ1) is 15.4. The molecule has 20 heavy (non-hydrogen) atoms. The highest BCUT2D eigenvalue weighted by atomic mass is 32.2. The lowest BCUT2D eigenvalue weighted by Gasteiger charge is -2.29. The zero-order chi connectivity index (χ0) is 14.8. The Balaban J connectivity index is 2.56. The molecule has 2 aromatic rings. The van der Waals surface area contributed by atoms with E-state index in [-0.39, 0.29) is 5.56 Å². The minimum absolute atomic E-state index is 0.275. The lowest BCUT2D eigenvalue weighted by molar-refractivity contribution is 0.359. The van der Waals surface area contributed by atoms with Crippen molar-refractivity contribution in [3.8, 4) is 0 Å². The molecule has 0 amide bonds. The van der Waals surface area contributed by atoms with Crippen molar-refractivity contribution >= 4 is 35.2 Å². The molecule has 0 saturated carbocycles. The fraction of sp³-hybridized carbons (Fsp3) is 0.0909. The zero-order valence-corrected chi connectivity index (χ0v) is 12.6. The van der Waals surface area contributed by atoms with E-state index in [1.54, 1.807) is 29.6 Å². The third-order valence-corrected chi connectivity index (χ3v) is 5.58. The second kappa shape index (κ2) is 6.17. The van der Waals surface area contributed by atoms with Gasteiger partial charge in [0.2, 0.25) is 0 Å². The summed E-state index contributed by atoms with van der Waals surface area (Å²) in [7, 11) is -4.67. The van der Waals surface area contributed by atoms with Crippen LogP contribution < -0.4 is 4.31 Å². The van der Waals surface area contributed by atoms with Crippen molar-refractivity contribution in [2.24, 2.45) is 0 Å². The van der Waals surface area contributed by atoms with Gasteiger partial charge in [0.05, 0.1) is 0 Å². The van der Waals surface area contributed by atoms with Crippen LogP contribution in [0.1, 0.15) is 11.3 Å². The third-order valence-electron chi connectivity index (χ3n) is 2.53. The first-order valence-electron chi connectivity index (χ1n) is 5.45. The van der Waals surface area contributed by atoms with Gasteiger partial charge >= 0.3 is 7.60 Å². The van der Waals surface area contributed by atoms with Gasteiger partial charge in [-0.05, 0) is 23.1 Å². The van der Waals surface area contributed by atoms with Crippen LogP contribution >= 0.6 is 18.9 Å². The van der Waals surface area contributed by atoms with Gasteiger partial charge in [0.25, 0.3) is 11.3 Å². The molecule has 6 nitrogen and oxygen atoms in total. The Bertz CT molecular complexity index is 628. The Labute approximate surface area is 122 Å². The van der Waals surface area contributed by atoms with Crippen molar-refractivity contribution in [1.82, 2.24) is 0 Å². The first-order valence-corrected chi connectivity index (χ1v) is 9.07. The minimum atomic E-state index is -4.67. The highest BCUT2D eigenvalue weighted by Gasteiger charge is 2.39. The maximum absolute atomic E-state index is 11.8. The molecule has 0 saturated heterocycles. The summed E-state index contributed by atoms with van der Waals surface area (Å²) in [6.45, 7) is 0. The molecule has 2 atom stereocenters. The van der Waals surface area contributed by atoms with Gasteiger partial charge in [-0.15, -0.1) is 11.3 Å². The van der Waals surface area contributed by atoms with Crippen LogP contribution in [0.2, 0.25) is 0 Å². The summed E-state index contributed by atoms with van der Waals surface area (Å²) < 4.78 is 33.6. The van der Waals surface area contributed by atoms with Crippen molar-refractivity contribution in [2.75, 3.05) is 4.31 Å². The van der Waals surface area contributed by atoms with E-state index in [4.69, 9.17) is 0 Å². The van der Waals surface area contributed by atoms with Crippen LogP contribution in [0.25, 0.3) is 0 Å². The number of benzene rings is 1. The second-order valence-corrected chi connectivity index (χ2v) is 7.33. The van der Waals surface area contributed by atoms with Gasteiger partial charge in [-0.1, -0.05) is 30.3 Å². The third kappa shape index (κ3) is 3.35. The summed E-state index contributed by atoms with van der Waals surface area (Å²) in [5.74, 6) is -1.51. The van der Waals surface area contributed by atoms with Crippen molar-refractivity contribution in [2.45, 2.75) is 5.78 Å². The SMILES string of the molecule is O=S(O)N(c1cccs1)C(c1ccccc1)P(=O)(O)O. The van der Waals surface area contributed by atoms with Gasteiger partial charge in [-0.25, -0.2) is 8.51 Å². The summed E-state index contributed by atoms with van der Waals surface area (Å²) in [6.07, 6.45) is 0. The average Bonchev–Trinajstić information content (AvgIpc) is 2.88. The van der Waals surface area contributed by atoms with Crippen LogP contribution in [0.3, 0.4) is 0 Å². The van der Waals surface area contributed by atoms with Crippen LogP contribution in [0.4, 0.5) is 5.00 Å². The number of nitrogens with zero attached hydrogens (tertiary/aromatic N) is 1. The lowest BCUT2D eigenvalue weighted by Crippen LogP contribution is -2.29. The lowest BCUT2D eigenvalue weighted by atomic mass is 10.2. The Morgan fingerprint density at radius 3 is 2.25 bits per heavy atom. The summed E-state index contributed by atoms with van der Waals surface area (Å²) in [4.78, 5) is 19.2. The average molecular weight is 333 g/mol. The smallest absolute Gasteiger partial charge is 0.323 e. The fourth-order valence-electron chi connectivity index (χ4n) is 1.77. The van der Waals surface area contributed by atoms with Crippen LogP contribution in [-0.2, 0) is 15.8 Å². The molecule has 0 aliphatic rings. The minimum Gasteiger partial charge on any atom is -0.323 e. The summed E-state index contributed by atoms with van der Waals surface area (Å²) >= 11 is -1.43. The molecule has 2 rings (SSSR count). The highest BCUT2D eigenvalue weighted by molar-refractivity contribution is 7.81. The van der Waals surface area contributed by atoms with Crippen molar-refractivity contribution < 1.29 is 23.1 Å². The Hall–Kier alpha value is -1.02. The predicted molar refractivity (Wildman–Crippen MR) is 78.8 cm³/mol. The fourth-order valence-corrected chi connectivity index (χ4v) is 4.91. The summed E-state index contributed by atoms with van der Waals surface area (Å²) in [5, 5.41) is 1.97. The maximum atomic E-state index is 11.8. The Morgan fingerprint density at radius 1 is 1.15 bits per heavy atom. The van der Waals surface area contributed by atoms with Crippen molar-refractivity contribution in [1.29, 1.82) is 0 Å². The number of anilines is 1. The van der Waals surface area contributed by atoms with E-state index in [9.17, 15) is 23.1 Å². The number of rotatable bonds is 5. The molecule has 0 spiro atoms. The van der Waals surface area contributed by atoms with Gasteiger partial charge < -0.3 is 9.79 Å². The van der Waals surface area contributed by atoms with E-state index in [2.05, 4.69) is 0 Å². The standard InChI is InChI=1S/C11H12NO5PS2/c13-18(14,15)11(9-5-2-1-3-6-9)12(20(16)17)10-7-4-8-19-10/h1-8,11H,(H,16,17)(H2,13,14,15). The van der Waals surface area contributed by atoms with Gasteiger partial charge in [0.15, 0.2) is 5.78 Å². The number of hydrogen-bond acceptors (Lipinski definition) is 3. The molecule has 108 valence electrons. The molecule has 0 aliphatic carbocycles. The Kier molecular flexibility index (Phi) is 4.74. The van der Waals surface area contributed by atoms with Gasteiger partial charge in [0, 0.05) is 0 Å². The van der Waals surface area contributed by atoms with E-state index >= 15 is 0 Å². The van der Waals surface area contributed by atoms with E-state index in [0.29, 0.717) is 5.00 Å². The van der Waals surface area contributed by atoms with Gasteiger partial charge in [-0.3, -0.25) is 9.12 Å². The number of hydrogen-bond donors (Lipinski definition) is 3. The highest BCUT2D eigenvalue weighted by Crippen LogP contribution is 2.55. The molecule has 1 aromatic heterocycles. The summed E-state index contributed by atoms with van der Waals surface area (Å²) in [5.41, 5.74) is 0.275. The quantitative estimate of drug-likeness (QED) is 0.577. The molecule has 0 fully saturated rings. The maximum Gasteiger partial charge on any atom is 0.353 e. The molecule has 0 bridgehead atoms. The monoisotopic (exact) mass is 333 g/mol. The zero-order valence-electron chi connectivity index (χ0n) is 10.1. The molecular weight excluding hydrogens is 321 g/mol. The predicted octanol–water partition coefficient (Wildman–Crippen LogP) is 2.57. The van der Waals surface area contributed by atoms with Crippen LogP contribution in [-0.4, -0.2) is 18.5 Å². The first-order chi connectivity index (χ1) is 9.41.